The first kappa shape index (κ1) is 21.7. The quantitative estimate of drug-likeness (QED) is 0.353. The molecule has 3 nitrogen and oxygen atoms in total. The van der Waals surface area contributed by atoms with Crippen molar-refractivity contribution in [3.8, 4) is 0 Å². The molecule has 0 aliphatic rings. The second kappa shape index (κ2) is 12.7. The Bertz CT molecular complexity index is 627. The second-order valence-corrected chi connectivity index (χ2v) is 8.08. The first-order chi connectivity index (χ1) is 13.2. The van der Waals surface area contributed by atoms with Gasteiger partial charge in [0.1, 0.15) is 18.9 Å². The van der Waals surface area contributed by atoms with Gasteiger partial charge in [-0.2, -0.15) is 0 Å². The van der Waals surface area contributed by atoms with Gasteiger partial charge in [-0.05, 0) is 38.7 Å². The summed E-state index contributed by atoms with van der Waals surface area (Å²) >= 11 is 0. The van der Waals surface area contributed by atoms with Gasteiger partial charge in [-0.15, -0.1) is 0 Å². The fourth-order valence-corrected chi connectivity index (χ4v) is 3.86. The van der Waals surface area contributed by atoms with E-state index in [2.05, 4.69) is 59.9 Å². The molecule has 0 spiro atoms. The highest BCUT2D eigenvalue weighted by atomic mass is 16.2. The molecule has 0 amide bonds. The lowest BCUT2D eigenvalue weighted by molar-refractivity contribution is -0.687. The van der Waals surface area contributed by atoms with Gasteiger partial charge in [0.25, 0.3) is 0 Å². The van der Waals surface area contributed by atoms with E-state index in [4.69, 9.17) is 5.11 Å². The fraction of sp³-hybridized carbons (Fsp3) is 0.625. The minimum atomic E-state index is 0.354. The molecule has 1 heterocycles. The standard InChI is InChI=1S/C24H39N2O/c1-22-17-23(2)19-24(18-22)20-26-15-14-25(21-26)13-11-9-7-5-3-4-6-8-10-12-16-27/h14-15,17-19,21,27H,3-13,16,20H2,1-2H3/q+1. The Morgan fingerprint density at radius 1 is 0.778 bits per heavy atom. The van der Waals surface area contributed by atoms with Crippen molar-refractivity contribution in [2.75, 3.05) is 6.61 Å². The lowest BCUT2D eigenvalue weighted by Crippen LogP contribution is -2.31. The largest absolute Gasteiger partial charge is 0.396 e. The highest BCUT2D eigenvalue weighted by Crippen LogP contribution is 2.11. The van der Waals surface area contributed by atoms with Crippen LogP contribution in [-0.2, 0) is 13.1 Å². The number of rotatable bonds is 14. The van der Waals surface area contributed by atoms with E-state index in [1.165, 1.54) is 74.5 Å². The van der Waals surface area contributed by atoms with Gasteiger partial charge in [0.05, 0.1) is 6.54 Å². The Labute approximate surface area is 166 Å². The van der Waals surface area contributed by atoms with E-state index in [1.807, 2.05) is 0 Å². The molecule has 3 heteroatoms. The highest BCUT2D eigenvalue weighted by Gasteiger charge is 2.05. The number of hydrogen-bond donors (Lipinski definition) is 1. The fourth-order valence-electron chi connectivity index (χ4n) is 3.86. The summed E-state index contributed by atoms with van der Waals surface area (Å²) in [5.41, 5.74) is 4.07. The van der Waals surface area contributed by atoms with Crippen LogP contribution in [0.4, 0.5) is 0 Å². The van der Waals surface area contributed by atoms with Crippen LogP contribution < -0.4 is 4.57 Å². The lowest BCUT2D eigenvalue weighted by Gasteiger charge is -2.03. The summed E-state index contributed by atoms with van der Waals surface area (Å²) in [4.78, 5) is 0. The molecule has 0 unspecified atom stereocenters. The number of imidazole rings is 1. The summed E-state index contributed by atoms with van der Waals surface area (Å²) in [6.07, 6.45) is 19.5. The van der Waals surface area contributed by atoms with E-state index in [9.17, 15) is 0 Å². The van der Waals surface area contributed by atoms with Gasteiger partial charge in [0.2, 0.25) is 6.33 Å². The van der Waals surface area contributed by atoms with Crippen LogP contribution in [0.3, 0.4) is 0 Å². The molecule has 27 heavy (non-hydrogen) atoms. The molecule has 0 saturated heterocycles. The third kappa shape index (κ3) is 9.23. The van der Waals surface area contributed by atoms with Crippen molar-refractivity contribution in [2.45, 2.75) is 91.1 Å². The number of unbranched alkanes of at least 4 members (excludes halogenated alkanes) is 9. The number of aryl methyl sites for hydroxylation is 3. The van der Waals surface area contributed by atoms with Gasteiger partial charge in [-0.1, -0.05) is 74.3 Å². The van der Waals surface area contributed by atoms with Crippen LogP contribution in [-0.4, -0.2) is 16.3 Å². The first-order valence-electron chi connectivity index (χ1n) is 10.9. The highest BCUT2D eigenvalue weighted by molar-refractivity contribution is 5.27. The molecular formula is C24H39N2O+. The van der Waals surface area contributed by atoms with E-state index in [1.54, 1.807) is 0 Å². The van der Waals surface area contributed by atoms with Crippen LogP contribution >= 0.6 is 0 Å². The Hall–Kier alpha value is -1.61. The summed E-state index contributed by atoms with van der Waals surface area (Å²) in [7, 11) is 0. The molecule has 0 radical (unpaired) electrons. The number of aliphatic hydroxyl groups is 1. The third-order valence-electron chi connectivity index (χ3n) is 5.22. The average molecular weight is 372 g/mol. The van der Waals surface area contributed by atoms with Crippen LogP contribution in [0.5, 0.6) is 0 Å². The zero-order valence-corrected chi connectivity index (χ0v) is 17.5. The Kier molecular flexibility index (Phi) is 10.2. The monoisotopic (exact) mass is 371 g/mol. The van der Waals surface area contributed by atoms with Gasteiger partial charge in [-0.25, -0.2) is 9.13 Å². The smallest absolute Gasteiger partial charge is 0.244 e. The molecule has 0 aliphatic carbocycles. The maximum Gasteiger partial charge on any atom is 0.244 e. The third-order valence-corrected chi connectivity index (χ3v) is 5.22. The molecule has 0 aliphatic heterocycles. The predicted molar refractivity (Wildman–Crippen MR) is 113 cm³/mol. The molecule has 2 rings (SSSR count). The zero-order chi connectivity index (χ0) is 19.3. The number of aromatic nitrogens is 2. The van der Waals surface area contributed by atoms with Crippen molar-refractivity contribution in [3.63, 3.8) is 0 Å². The van der Waals surface area contributed by atoms with Crippen LogP contribution in [0, 0.1) is 13.8 Å². The van der Waals surface area contributed by atoms with Crippen LogP contribution in [0.2, 0.25) is 0 Å². The lowest BCUT2D eigenvalue weighted by atomic mass is 10.1. The Morgan fingerprint density at radius 2 is 1.33 bits per heavy atom. The summed E-state index contributed by atoms with van der Waals surface area (Å²) in [5, 5.41) is 8.76. The van der Waals surface area contributed by atoms with Gasteiger partial charge in [0.15, 0.2) is 0 Å². The number of hydrogen-bond acceptors (Lipinski definition) is 1. The van der Waals surface area contributed by atoms with Gasteiger partial charge < -0.3 is 5.11 Å². The van der Waals surface area contributed by atoms with Crippen molar-refractivity contribution in [1.82, 2.24) is 4.57 Å². The molecular weight excluding hydrogens is 332 g/mol. The molecule has 150 valence electrons. The minimum Gasteiger partial charge on any atom is -0.396 e. The molecule has 0 fully saturated rings. The first-order valence-corrected chi connectivity index (χ1v) is 10.9. The van der Waals surface area contributed by atoms with Gasteiger partial charge in [-0.3, -0.25) is 0 Å². The molecule has 0 bridgehead atoms. The van der Waals surface area contributed by atoms with E-state index >= 15 is 0 Å². The Morgan fingerprint density at radius 3 is 1.93 bits per heavy atom. The van der Waals surface area contributed by atoms with Crippen molar-refractivity contribution >= 4 is 0 Å². The Balaban J connectivity index is 1.55. The summed E-state index contributed by atoms with van der Waals surface area (Å²) in [6.45, 7) is 6.77. The average Bonchev–Trinajstić information content (AvgIpc) is 3.06. The van der Waals surface area contributed by atoms with Crippen molar-refractivity contribution in [2.24, 2.45) is 0 Å². The second-order valence-electron chi connectivity index (χ2n) is 8.08. The molecule has 2 aromatic rings. The van der Waals surface area contributed by atoms with Crippen molar-refractivity contribution < 1.29 is 9.67 Å². The van der Waals surface area contributed by atoms with Gasteiger partial charge >= 0.3 is 0 Å². The maximum absolute atomic E-state index is 8.76. The summed E-state index contributed by atoms with van der Waals surface area (Å²) in [5.74, 6) is 0. The molecule has 0 saturated carbocycles. The molecule has 1 aromatic heterocycles. The maximum atomic E-state index is 8.76. The minimum absolute atomic E-state index is 0.354. The SMILES string of the molecule is Cc1cc(C)cc(C[n+]2ccn(CCCCCCCCCCCCO)c2)c1. The van der Waals surface area contributed by atoms with Gasteiger partial charge in [0, 0.05) is 6.61 Å². The van der Waals surface area contributed by atoms with Crippen LogP contribution in [0.25, 0.3) is 0 Å². The van der Waals surface area contributed by atoms with E-state index in [-0.39, 0.29) is 0 Å². The van der Waals surface area contributed by atoms with Crippen molar-refractivity contribution in [1.29, 1.82) is 0 Å². The summed E-state index contributed by atoms with van der Waals surface area (Å²) < 4.78 is 4.61. The van der Waals surface area contributed by atoms with Crippen molar-refractivity contribution in [3.05, 3.63) is 53.6 Å². The van der Waals surface area contributed by atoms with Crippen LogP contribution in [0.15, 0.2) is 36.9 Å². The number of nitrogens with zero attached hydrogens (tertiary/aromatic N) is 2. The normalized spacial score (nSPS) is 11.2. The van der Waals surface area contributed by atoms with E-state index < -0.39 is 0 Å². The van der Waals surface area contributed by atoms with E-state index in [0.717, 1.165) is 19.5 Å². The predicted octanol–water partition coefficient (Wildman–Crippen LogP) is 5.33. The zero-order valence-electron chi connectivity index (χ0n) is 17.5. The number of aliphatic hydroxyl groups excluding tert-OH is 1. The number of benzene rings is 1. The molecule has 1 N–H and O–H groups in total. The molecule has 0 atom stereocenters. The topological polar surface area (TPSA) is 29.0 Å². The van der Waals surface area contributed by atoms with Crippen LogP contribution in [0.1, 0.15) is 80.9 Å². The summed E-state index contributed by atoms with van der Waals surface area (Å²) in [6, 6.07) is 6.80. The van der Waals surface area contributed by atoms with E-state index in [0.29, 0.717) is 6.61 Å². The molecule has 1 aromatic carbocycles.